The Kier molecular flexibility index (Phi) is 4.03. The molecule has 2 aliphatic heterocycles. The van der Waals surface area contributed by atoms with Crippen molar-refractivity contribution in [1.82, 2.24) is 9.80 Å². The molecule has 6 heteroatoms. The number of imide groups is 1. The van der Waals surface area contributed by atoms with E-state index in [0.717, 1.165) is 16.7 Å². The number of benzene rings is 2. The second kappa shape index (κ2) is 6.37. The van der Waals surface area contributed by atoms with Gasteiger partial charge in [0, 0.05) is 13.0 Å². The predicted molar refractivity (Wildman–Crippen MR) is 95.0 cm³/mol. The second-order valence-electron chi connectivity index (χ2n) is 6.52. The van der Waals surface area contributed by atoms with Crippen LogP contribution in [0.15, 0.2) is 42.5 Å². The lowest BCUT2D eigenvalue weighted by Crippen LogP contribution is -2.40. The van der Waals surface area contributed by atoms with Crippen molar-refractivity contribution in [2.24, 2.45) is 0 Å². The molecule has 2 heterocycles. The first kappa shape index (κ1) is 16.4. The zero-order chi connectivity index (χ0) is 18.3. The molecule has 0 bridgehead atoms. The Balaban J connectivity index is 1.63. The number of carbonyl (C=O) groups excluding carboxylic acids is 2. The zero-order valence-corrected chi connectivity index (χ0v) is 14.8. The van der Waals surface area contributed by atoms with Crippen LogP contribution in [0.5, 0.6) is 11.5 Å². The smallest absolute Gasteiger partial charge is 0.328 e. The average Bonchev–Trinajstić information content (AvgIpc) is 2.90. The summed E-state index contributed by atoms with van der Waals surface area (Å²) in [6.07, 6.45) is 0.492. The maximum atomic E-state index is 12.8. The van der Waals surface area contributed by atoms with Gasteiger partial charge in [0.2, 0.25) is 0 Å². The van der Waals surface area contributed by atoms with Crippen molar-refractivity contribution < 1.29 is 19.1 Å². The average molecular weight is 352 g/mol. The molecule has 0 saturated carbocycles. The van der Waals surface area contributed by atoms with E-state index in [9.17, 15) is 9.59 Å². The van der Waals surface area contributed by atoms with Crippen molar-refractivity contribution in [2.45, 2.75) is 25.6 Å². The largest absolute Gasteiger partial charge is 0.493 e. The lowest BCUT2D eigenvalue weighted by Gasteiger charge is -2.29. The Labute approximate surface area is 151 Å². The molecular weight excluding hydrogens is 332 g/mol. The number of amides is 3. The third-order valence-electron chi connectivity index (χ3n) is 5.05. The molecule has 0 radical (unpaired) electrons. The molecule has 0 spiro atoms. The van der Waals surface area contributed by atoms with Crippen molar-refractivity contribution >= 4 is 11.9 Å². The van der Waals surface area contributed by atoms with Gasteiger partial charge >= 0.3 is 6.03 Å². The fourth-order valence-corrected chi connectivity index (χ4v) is 3.67. The Morgan fingerprint density at radius 2 is 1.65 bits per heavy atom. The van der Waals surface area contributed by atoms with Crippen LogP contribution in [0.4, 0.5) is 4.79 Å². The van der Waals surface area contributed by atoms with Crippen LogP contribution >= 0.6 is 0 Å². The molecule has 1 saturated heterocycles. The molecule has 134 valence electrons. The normalized spacial score (nSPS) is 18.6. The lowest BCUT2D eigenvalue weighted by atomic mass is 9.94. The number of methoxy groups -OCH3 is 2. The SMILES string of the molecule is COc1cc2c(cc1OC)CN1C(=O)N(Cc3ccccc3)C(=O)[C@H]1C2. The predicted octanol–water partition coefficient (Wildman–Crippen LogP) is 2.59. The van der Waals surface area contributed by atoms with E-state index in [0.29, 0.717) is 31.0 Å². The van der Waals surface area contributed by atoms with E-state index in [1.165, 1.54) is 4.90 Å². The summed E-state index contributed by atoms with van der Waals surface area (Å²) in [6, 6.07) is 12.7. The molecule has 2 aromatic carbocycles. The van der Waals surface area contributed by atoms with Gasteiger partial charge in [-0.2, -0.15) is 0 Å². The molecule has 3 amide bonds. The van der Waals surface area contributed by atoms with Crippen LogP contribution in [0.3, 0.4) is 0 Å². The molecule has 26 heavy (non-hydrogen) atoms. The van der Waals surface area contributed by atoms with Gasteiger partial charge in [-0.1, -0.05) is 30.3 Å². The minimum absolute atomic E-state index is 0.140. The van der Waals surface area contributed by atoms with E-state index >= 15 is 0 Å². The number of urea groups is 1. The second-order valence-corrected chi connectivity index (χ2v) is 6.52. The molecule has 0 aliphatic carbocycles. The van der Waals surface area contributed by atoms with Gasteiger partial charge in [0.1, 0.15) is 6.04 Å². The summed E-state index contributed by atoms with van der Waals surface area (Å²) in [6.45, 7) is 0.699. The van der Waals surface area contributed by atoms with E-state index in [2.05, 4.69) is 0 Å². The third-order valence-corrected chi connectivity index (χ3v) is 5.05. The topological polar surface area (TPSA) is 59.1 Å². The summed E-state index contributed by atoms with van der Waals surface area (Å²) in [5, 5.41) is 0. The molecule has 0 unspecified atom stereocenters. The Morgan fingerprint density at radius 1 is 1.00 bits per heavy atom. The van der Waals surface area contributed by atoms with E-state index in [4.69, 9.17) is 9.47 Å². The van der Waals surface area contributed by atoms with E-state index in [1.807, 2.05) is 42.5 Å². The Hall–Kier alpha value is -3.02. The third kappa shape index (κ3) is 2.58. The summed E-state index contributed by atoms with van der Waals surface area (Å²) in [5.41, 5.74) is 2.95. The highest BCUT2D eigenvalue weighted by Gasteiger charge is 2.47. The molecule has 1 atom stereocenters. The fraction of sp³-hybridized carbons (Fsp3) is 0.300. The number of ether oxygens (including phenoxy) is 2. The standard InChI is InChI=1S/C20H20N2O4/c1-25-17-9-14-8-16-19(23)22(11-13-6-4-3-5-7-13)20(24)21(16)12-15(14)10-18(17)26-2/h3-7,9-10,16H,8,11-12H2,1-2H3/t16-/m1/s1. The lowest BCUT2D eigenvalue weighted by molar-refractivity contribution is -0.128. The van der Waals surface area contributed by atoms with E-state index < -0.39 is 6.04 Å². The molecule has 6 nitrogen and oxygen atoms in total. The molecule has 0 aromatic heterocycles. The first-order chi connectivity index (χ1) is 12.6. The Bertz CT molecular complexity index is 815. The summed E-state index contributed by atoms with van der Waals surface area (Å²) >= 11 is 0. The molecule has 1 fully saturated rings. The highest BCUT2D eigenvalue weighted by atomic mass is 16.5. The van der Waals surface area contributed by atoms with Gasteiger partial charge in [-0.05, 0) is 28.8 Å². The summed E-state index contributed by atoms with van der Waals surface area (Å²) in [7, 11) is 3.17. The highest BCUT2D eigenvalue weighted by molar-refractivity contribution is 6.04. The number of nitrogens with zero attached hydrogens (tertiary/aromatic N) is 2. The minimum atomic E-state index is -0.447. The van der Waals surface area contributed by atoms with Crippen LogP contribution in [0.25, 0.3) is 0 Å². The van der Waals surface area contributed by atoms with Crippen molar-refractivity contribution in [3.05, 3.63) is 59.2 Å². The first-order valence-corrected chi connectivity index (χ1v) is 8.52. The van der Waals surface area contributed by atoms with Crippen LogP contribution in [-0.4, -0.2) is 42.0 Å². The first-order valence-electron chi connectivity index (χ1n) is 8.52. The molecule has 4 rings (SSSR count). The monoisotopic (exact) mass is 352 g/mol. The number of fused-ring (bicyclic) bond motifs is 2. The van der Waals surface area contributed by atoms with Gasteiger partial charge in [0.25, 0.3) is 5.91 Å². The summed E-state index contributed by atoms with van der Waals surface area (Å²) in [4.78, 5) is 28.7. The van der Waals surface area contributed by atoms with Gasteiger partial charge in [-0.15, -0.1) is 0 Å². The van der Waals surface area contributed by atoms with Gasteiger partial charge in [0.15, 0.2) is 11.5 Å². The fourth-order valence-electron chi connectivity index (χ4n) is 3.67. The zero-order valence-electron chi connectivity index (χ0n) is 14.8. The van der Waals surface area contributed by atoms with E-state index in [-0.39, 0.29) is 11.9 Å². The maximum Gasteiger partial charge on any atom is 0.328 e. The quantitative estimate of drug-likeness (QED) is 0.794. The summed E-state index contributed by atoms with van der Waals surface area (Å²) in [5.74, 6) is 1.13. The van der Waals surface area contributed by atoms with Crippen LogP contribution in [-0.2, 0) is 24.3 Å². The summed E-state index contributed by atoms with van der Waals surface area (Å²) < 4.78 is 10.7. The van der Waals surface area contributed by atoms with Gasteiger partial charge in [-0.3, -0.25) is 9.69 Å². The van der Waals surface area contributed by atoms with Crippen LogP contribution in [0.1, 0.15) is 16.7 Å². The number of hydrogen-bond donors (Lipinski definition) is 0. The number of carbonyl (C=O) groups is 2. The van der Waals surface area contributed by atoms with Gasteiger partial charge in [-0.25, -0.2) is 4.79 Å². The molecular formula is C20H20N2O4. The Morgan fingerprint density at radius 3 is 2.31 bits per heavy atom. The molecule has 2 aromatic rings. The van der Waals surface area contributed by atoms with Gasteiger partial charge < -0.3 is 14.4 Å². The van der Waals surface area contributed by atoms with Crippen LogP contribution in [0, 0.1) is 0 Å². The van der Waals surface area contributed by atoms with Crippen molar-refractivity contribution in [2.75, 3.05) is 14.2 Å². The molecule has 0 N–H and O–H groups in total. The number of hydrogen-bond acceptors (Lipinski definition) is 4. The maximum absolute atomic E-state index is 12.8. The van der Waals surface area contributed by atoms with Crippen molar-refractivity contribution in [1.29, 1.82) is 0 Å². The molecule has 2 aliphatic rings. The highest BCUT2D eigenvalue weighted by Crippen LogP contribution is 2.37. The van der Waals surface area contributed by atoms with Gasteiger partial charge in [0.05, 0.1) is 20.8 Å². The van der Waals surface area contributed by atoms with Crippen molar-refractivity contribution in [3.63, 3.8) is 0 Å². The van der Waals surface area contributed by atoms with Crippen molar-refractivity contribution in [3.8, 4) is 11.5 Å². The van der Waals surface area contributed by atoms with Crippen LogP contribution < -0.4 is 9.47 Å². The number of rotatable bonds is 4. The van der Waals surface area contributed by atoms with E-state index in [1.54, 1.807) is 19.1 Å². The van der Waals surface area contributed by atoms with Crippen LogP contribution in [0.2, 0.25) is 0 Å². The minimum Gasteiger partial charge on any atom is -0.493 e.